The highest BCUT2D eigenvalue weighted by Gasteiger charge is 2.35. The number of fused-ring (bicyclic) bond motifs is 2. The molecule has 2 nitrogen and oxygen atoms in total. The van der Waals surface area contributed by atoms with Crippen molar-refractivity contribution in [2.45, 2.75) is 19.3 Å². The first kappa shape index (κ1) is 11.4. The number of para-hydroxylation sites is 1. The average molecular weight is 237 g/mol. The molecule has 3 rings (SSSR count). The molecule has 1 aliphatic rings. The maximum Gasteiger partial charge on any atom is 0.327 e. The van der Waals surface area contributed by atoms with Gasteiger partial charge in [0.05, 0.1) is 0 Å². The highest BCUT2D eigenvalue weighted by molar-refractivity contribution is 6.46. The van der Waals surface area contributed by atoms with E-state index in [1.807, 2.05) is 36.4 Å². The lowest BCUT2D eigenvalue weighted by atomic mass is 9.69. The van der Waals surface area contributed by atoms with Gasteiger partial charge >= 0.3 is 7.48 Å². The van der Waals surface area contributed by atoms with E-state index in [2.05, 4.69) is 19.9 Å². The molecule has 0 spiro atoms. The fraction of sp³-hybridized carbons (Fsp3) is 0.200. The van der Waals surface area contributed by atoms with Crippen LogP contribution in [0.15, 0.2) is 42.5 Å². The van der Waals surface area contributed by atoms with Crippen LogP contribution in [0.25, 0.3) is 0 Å². The highest BCUT2D eigenvalue weighted by Crippen LogP contribution is 2.46. The van der Waals surface area contributed by atoms with Crippen molar-refractivity contribution >= 4 is 12.9 Å². The summed E-state index contributed by atoms with van der Waals surface area (Å²) in [6.07, 6.45) is 0. The first-order valence-corrected chi connectivity index (χ1v) is 6.03. The number of benzene rings is 2. The Kier molecular flexibility index (Phi) is 2.45. The highest BCUT2D eigenvalue weighted by atomic mass is 16.5. The standard InChI is InChI=1S/C15H14BO2/c1-15(2)10-6-3-4-8-12(10)18-13-9-5-7-11(16-17)14(13)15/h3-9,17H,1-2H3. The lowest BCUT2D eigenvalue weighted by Gasteiger charge is -2.35. The third-order valence-electron chi connectivity index (χ3n) is 3.60. The fourth-order valence-electron chi connectivity index (χ4n) is 2.73. The zero-order valence-electron chi connectivity index (χ0n) is 10.5. The zero-order valence-corrected chi connectivity index (χ0v) is 10.5. The van der Waals surface area contributed by atoms with Crippen molar-refractivity contribution in [3.8, 4) is 11.5 Å². The summed E-state index contributed by atoms with van der Waals surface area (Å²) >= 11 is 0. The van der Waals surface area contributed by atoms with E-state index >= 15 is 0 Å². The molecule has 0 atom stereocenters. The second-order valence-electron chi connectivity index (χ2n) is 5.07. The molecule has 1 radical (unpaired) electrons. The zero-order chi connectivity index (χ0) is 12.8. The van der Waals surface area contributed by atoms with Crippen LogP contribution >= 0.6 is 0 Å². The van der Waals surface area contributed by atoms with Gasteiger partial charge in [-0.3, -0.25) is 0 Å². The smallest absolute Gasteiger partial charge is 0.327 e. The van der Waals surface area contributed by atoms with Crippen LogP contribution in [0.1, 0.15) is 25.0 Å². The van der Waals surface area contributed by atoms with Gasteiger partial charge in [0, 0.05) is 16.5 Å². The van der Waals surface area contributed by atoms with Gasteiger partial charge in [-0.2, -0.15) is 0 Å². The maximum atomic E-state index is 9.39. The Balaban J connectivity index is 2.29. The molecule has 18 heavy (non-hydrogen) atoms. The average Bonchev–Trinajstić information content (AvgIpc) is 2.38. The third kappa shape index (κ3) is 1.47. The van der Waals surface area contributed by atoms with Gasteiger partial charge in [-0.25, -0.2) is 0 Å². The third-order valence-corrected chi connectivity index (χ3v) is 3.60. The van der Waals surface area contributed by atoms with E-state index in [9.17, 15) is 5.02 Å². The summed E-state index contributed by atoms with van der Waals surface area (Å²) in [5.41, 5.74) is 2.81. The molecular formula is C15H14BO2. The minimum atomic E-state index is -0.181. The Morgan fingerprint density at radius 1 is 1.00 bits per heavy atom. The fourth-order valence-corrected chi connectivity index (χ4v) is 2.73. The van der Waals surface area contributed by atoms with Crippen LogP contribution in [0.3, 0.4) is 0 Å². The molecule has 3 heteroatoms. The van der Waals surface area contributed by atoms with Gasteiger partial charge in [0.2, 0.25) is 0 Å². The summed E-state index contributed by atoms with van der Waals surface area (Å²) in [4.78, 5) is 0. The van der Waals surface area contributed by atoms with E-state index in [1.54, 1.807) is 0 Å². The largest absolute Gasteiger partial charge is 0.457 e. The van der Waals surface area contributed by atoms with E-state index in [1.165, 1.54) is 0 Å². The Morgan fingerprint density at radius 2 is 1.72 bits per heavy atom. The molecule has 1 aliphatic heterocycles. The van der Waals surface area contributed by atoms with Crippen LogP contribution in [0.5, 0.6) is 11.5 Å². The van der Waals surface area contributed by atoms with Crippen molar-refractivity contribution in [1.29, 1.82) is 0 Å². The molecule has 0 fully saturated rings. The van der Waals surface area contributed by atoms with Crippen LogP contribution in [-0.2, 0) is 5.41 Å². The van der Waals surface area contributed by atoms with Crippen LogP contribution in [0, 0.1) is 0 Å². The lowest BCUT2D eigenvalue weighted by Crippen LogP contribution is -2.33. The molecule has 2 aromatic rings. The molecule has 1 heterocycles. The first-order valence-electron chi connectivity index (χ1n) is 6.03. The first-order chi connectivity index (χ1) is 8.64. The Hall–Kier alpha value is -1.74. The maximum absolute atomic E-state index is 9.39. The van der Waals surface area contributed by atoms with Crippen molar-refractivity contribution < 1.29 is 9.76 Å². The van der Waals surface area contributed by atoms with Gasteiger partial charge in [-0.15, -0.1) is 0 Å². The topological polar surface area (TPSA) is 29.5 Å². The molecule has 0 unspecified atom stereocenters. The van der Waals surface area contributed by atoms with Gasteiger partial charge in [-0.05, 0) is 17.6 Å². The molecule has 0 aliphatic carbocycles. The molecule has 0 saturated heterocycles. The molecule has 1 N–H and O–H groups in total. The molecule has 2 aromatic carbocycles. The number of hydrogen-bond acceptors (Lipinski definition) is 2. The SMILES string of the molecule is CC1(C)c2ccccc2Oc2cccc([B]O)c21. The van der Waals surface area contributed by atoms with Crippen molar-refractivity contribution in [2.75, 3.05) is 0 Å². The number of hydrogen-bond donors (Lipinski definition) is 1. The predicted molar refractivity (Wildman–Crippen MR) is 72.7 cm³/mol. The van der Waals surface area contributed by atoms with E-state index in [0.717, 1.165) is 35.6 Å². The van der Waals surface area contributed by atoms with Gasteiger partial charge in [0.25, 0.3) is 0 Å². The summed E-state index contributed by atoms with van der Waals surface area (Å²) in [6, 6.07) is 13.8. The van der Waals surface area contributed by atoms with Crippen LogP contribution in [-0.4, -0.2) is 12.5 Å². The summed E-state index contributed by atoms with van der Waals surface area (Å²) in [6.45, 7) is 4.31. The second-order valence-corrected chi connectivity index (χ2v) is 5.07. The van der Waals surface area contributed by atoms with Gasteiger partial charge in [0.1, 0.15) is 11.5 Å². The van der Waals surface area contributed by atoms with Crippen molar-refractivity contribution in [1.82, 2.24) is 0 Å². The van der Waals surface area contributed by atoms with Crippen molar-refractivity contribution in [3.05, 3.63) is 53.6 Å². The normalized spacial score (nSPS) is 15.3. The van der Waals surface area contributed by atoms with Crippen LogP contribution in [0.2, 0.25) is 0 Å². The van der Waals surface area contributed by atoms with E-state index in [-0.39, 0.29) is 5.41 Å². The van der Waals surface area contributed by atoms with E-state index in [4.69, 9.17) is 4.74 Å². The van der Waals surface area contributed by atoms with Gasteiger partial charge < -0.3 is 9.76 Å². The Bertz CT molecular complexity index is 605. The lowest BCUT2D eigenvalue weighted by molar-refractivity contribution is 0.419. The molecule has 89 valence electrons. The number of rotatable bonds is 1. The Labute approximate surface area is 108 Å². The monoisotopic (exact) mass is 237 g/mol. The van der Waals surface area contributed by atoms with Gasteiger partial charge in [0.15, 0.2) is 0 Å². The quantitative estimate of drug-likeness (QED) is 0.771. The number of ether oxygens (including phenoxy) is 1. The minimum absolute atomic E-state index is 0.181. The minimum Gasteiger partial charge on any atom is -0.457 e. The molecule has 0 saturated carbocycles. The van der Waals surface area contributed by atoms with Gasteiger partial charge in [-0.1, -0.05) is 44.2 Å². The van der Waals surface area contributed by atoms with E-state index in [0.29, 0.717) is 0 Å². The van der Waals surface area contributed by atoms with Crippen LogP contribution in [0.4, 0.5) is 0 Å². The molecular weight excluding hydrogens is 223 g/mol. The summed E-state index contributed by atoms with van der Waals surface area (Å²) in [5, 5.41) is 9.39. The summed E-state index contributed by atoms with van der Waals surface area (Å²) in [7, 11) is 1.15. The van der Waals surface area contributed by atoms with E-state index < -0.39 is 0 Å². The molecule has 0 amide bonds. The Morgan fingerprint density at radius 3 is 2.50 bits per heavy atom. The van der Waals surface area contributed by atoms with Crippen molar-refractivity contribution in [2.24, 2.45) is 0 Å². The van der Waals surface area contributed by atoms with Crippen LogP contribution < -0.4 is 10.2 Å². The summed E-state index contributed by atoms with van der Waals surface area (Å²) < 4.78 is 5.92. The predicted octanol–water partition coefficient (Wildman–Crippen LogP) is 2.36. The molecule has 0 aromatic heterocycles. The summed E-state index contributed by atoms with van der Waals surface area (Å²) in [5.74, 6) is 1.71. The van der Waals surface area contributed by atoms with Crippen molar-refractivity contribution in [3.63, 3.8) is 0 Å². The second kappa shape index (κ2) is 3.89. The molecule has 0 bridgehead atoms.